The van der Waals surface area contributed by atoms with Gasteiger partial charge in [0.2, 0.25) is 5.78 Å². The molecule has 0 aromatic heterocycles. The number of Topliss-reactive ketones (excluding diaryl/α,β-unsaturated/α-hetero) is 1. The van der Waals surface area contributed by atoms with Crippen LogP contribution in [-0.4, -0.2) is 11.8 Å². The molecule has 4 rings (SSSR count). The summed E-state index contributed by atoms with van der Waals surface area (Å²) in [4.78, 5) is 24.9. The standard InChI is InChI=1S/C22H18Cl2O4/c23-15-7-6-14(18(24)11-15)10-20-21(25)17-9-8-16(12-19(17)28-20)27-22(26)13-4-2-1-3-5-13/h6-13H,1-5H2/b20-10-. The van der Waals surface area contributed by atoms with E-state index in [0.29, 0.717) is 32.7 Å². The van der Waals surface area contributed by atoms with Crippen LogP contribution in [0.4, 0.5) is 0 Å². The molecule has 2 aliphatic rings. The third-order valence-electron chi connectivity index (χ3n) is 5.05. The number of rotatable bonds is 3. The monoisotopic (exact) mass is 416 g/mol. The Labute approximate surface area is 173 Å². The average Bonchev–Trinajstić information content (AvgIpc) is 2.99. The van der Waals surface area contributed by atoms with Gasteiger partial charge in [0, 0.05) is 16.1 Å². The van der Waals surface area contributed by atoms with Crippen molar-refractivity contribution in [2.24, 2.45) is 5.92 Å². The number of allylic oxidation sites excluding steroid dienone is 1. The van der Waals surface area contributed by atoms with Gasteiger partial charge in [-0.05, 0) is 48.7 Å². The van der Waals surface area contributed by atoms with E-state index in [9.17, 15) is 9.59 Å². The Hall–Kier alpha value is -2.30. The molecule has 0 amide bonds. The molecule has 0 radical (unpaired) electrons. The molecule has 2 aromatic rings. The molecule has 1 aliphatic carbocycles. The SMILES string of the molecule is O=C1/C(=C/c2ccc(Cl)cc2Cl)Oc2cc(OC(=O)C3CCCCC3)ccc21. The first-order chi connectivity index (χ1) is 13.5. The molecule has 0 unspecified atom stereocenters. The van der Waals surface area contributed by atoms with Crippen molar-refractivity contribution in [2.45, 2.75) is 32.1 Å². The van der Waals surface area contributed by atoms with Crippen LogP contribution in [-0.2, 0) is 4.79 Å². The van der Waals surface area contributed by atoms with Crippen LogP contribution in [0.1, 0.15) is 48.0 Å². The fourth-order valence-electron chi connectivity index (χ4n) is 3.53. The molecule has 2 aromatic carbocycles. The van der Waals surface area contributed by atoms with Gasteiger partial charge in [-0.15, -0.1) is 0 Å². The molecule has 1 aliphatic heterocycles. The summed E-state index contributed by atoms with van der Waals surface area (Å²) in [6.07, 6.45) is 6.60. The minimum Gasteiger partial charge on any atom is -0.452 e. The van der Waals surface area contributed by atoms with Crippen molar-refractivity contribution in [1.29, 1.82) is 0 Å². The summed E-state index contributed by atoms with van der Waals surface area (Å²) in [7, 11) is 0. The molecular weight excluding hydrogens is 399 g/mol. The van der Waals surface area contributed by atoms with E-state index in [4.69, 9.17) is 32.7 Å². The third kappa shape index (κ3) is 3.94. The Morgan fingerprint density at radius 2 is 1.86 bits per heavy atom. The van der Waals surface area contributed by atoms with Gasteiger partial charge in [0.25, 0.3) is 0 Å². The predicted octanol–water partition coefficient (Wildman–Crippen LogP) is 6.10. The van der Waals surface area contributed by atoms with Gasteiger partial charge >= 0.3 is 5.97 Å². The van der Waals surface area contributed by atoms with E-state index >= 15 is 0 Å². The van der Waals surface area contributed by atoms with Crippen molar-refractivity contribution >= 4 is 41.0 Å². The van der Waals surface area contributed by atoms with Crippen molar-refractivity contribution in [3.8, 4) is 11.5 Å². The normalized spacial score (nSPS) is 18.1. The van der Waals surface area contributed by atoms with Gasteiger partial charge < -0.3 is 9.47 Å². The fourth-order valence-corrected chi connectivity index (χ4v) is 3.99. The number of ether oxygens (including phenoxy) is 2. The van der Waals surface area contributed by atoms with Crippen molar-refractivity contribution in [1.82, 2.24) is 0 Å². The van der Waals surface area contributed by atoms with Crippen molar-refractivity contribution < 1.29 is 19.1 Å². The number of carbonyl (C=O) groups excluding carboxylic acids is 2. The molecule has 144 valence electrons. The van der Waals surface area contributed by atoms with Crippen molar-refractivity contribution in [2.75, 3.05) is 0 Å². The second kappa shape index (κ2) is 7.98. The van der Waals surface area contributed by atoms with E-state index in [1.165, 1.54) is 6.42 Å². The van der Waals surface area contributed by atoms with Gasteiger partial charge in [-0.3, -0.25) is 9.59 Å². The summed E-state index contributed by atoms with van der Waals surface area (Å²) in [5.41, 5.74) is 1.06. The summed E-state index contributed by atoms with van der Waals surface area (Å²) in [5, 5.41) is 0.938. The molecule has 0 N–H and O–H groups in total. The van der Waals surface area contributed by atoms with Crippen LogP contribution >= 0.6 is 23.2 Å². The maximum atomic E-state index is 12.6. The first kappa shape index (κ1) is 19.0. The Kier molecular flexibility index (Phi) is 5.42. The number of benzene rings is 2. The number of halogens is 2. The lowest BCUT2D eigenvalue weighted by Crippen LogP contribution is -2.22. The highest BCUT2D eigenvalue weighted by atomic mass is 35.5. The average molecular weight is 417 g/mol. The van der Waals surface area contributed by atoms with Gasteiger partial charge in [0.1, 0.15) is 11.5 Å². The molecule has 0 atom stereocenters. The first-order valence-corrected chi connectivity index (χ1v) is 10.0. The molecule has 6 heteroatoms. The van der Waals surface area contributed by atoms with Crippen LogP contribution in [0.2, 0.25) is 10.0 Å². The summed E-state index contributed by atoms with van der Waals surface area (Å²) < 4.78 is 11.2. The smallest absolute Gasteiger partial charge is 0.314 e. The minimum absolute atomic E-state index is 0.0490. The van der Waals surface area contributed by atoms with Crippen molar-refractivity contribution in [3.05, 3.63) is 63.3 Å². The molecule has 4 nitrogen and oxygen atoms in total. The molecule has 1 heterocycles. The summed E-state index contributed by atoms with van der Waals surface area (Å²) in [5.74, 6) is 0.407. The molecule has 28 heavy (non-hydrogen) atoms. The number of hydrogen-bond acceptors (Lipinski definition) is 4. The second-order valence-electron chi connectivity index (χ2n) is 7.02. The molecular formula is C22H18Cl2O4. The zero-order valence-corrected chi connectivity index (χ0v) is 16.6. The fraction of sp³-hybridized carbons (Fsp3) is 0.273. The number of ketones is 1. The van der Waals surface area contributed by atoms with E-state index in [1.807, 2.05) is 0 Å². The predicted molar refractivity (Wildman–Crippen MR) is 108 cm³/mol. The maximum Gasteiger partial charge on any atom is 0.314 e. The minimum atomic E-state index is -0.244. The second-order valence-corrected chi connectivity index (χ2v) is 7.86. The maximum absolute atomic E-state index is 12.6. The zero-order valence-electron chi connectivity index (χ0n) is 15.0. The van der Waals surface area contributed by atoms with E-state index in [1.54, 1.807) is 42.5 Å². The summed E-state index contributed by atoms with van der Waals surface area (Å²) >= 11 is 12.1. The number of fused-ring (bicyclic) bond motifs is 1. The summed E-state index contributed by atoms with van der Waals surface area (Å²) in [6.45, 7) is 0. The lowest BCUT2D eigenvalue weighted by Gasteiger charge is -2.19. The van der Waals surface area contributed by atoms with E-state index < -0.39 is 0 Å². The number of hydrogen-bond donors (Lipinski definition) is 0. The largest absolute Gasteiger partial charge is 0.452 e. The van der Waals surface area contributed by atoms with E-state index in [2.05, 4.69) is 0 Å². The van der Waals surface area contributed by atoms with Crippen LogP contribution in [0.3, 0.4) is 0 Å². The van der Waals surface area contributed by atoms with E-state index in [0.717, 1.165) is 25.7 Å². The van der Waals surface area contributed by atoms with Crippen LogP contribution in [0, 0.1) is 5.92 Å². The Morgan fingerprint density at radius 3 is 2.61 bits per heavy atom. The van der Waals surface area contributed by atoms with Crippen molar-refractivity contribution in [3.63, 3.8) is 0 Å². The van der Waals surface area contributed by atoms with Gasteiger partial charge in [0.05, 0.1) is 11.5 Å². The number of carbonyl (C=O) groups is 2. The van der Waals surface area contributed by atoms with Gasteiger partial charge in [-0.25, -0.2) is 0 Å². The lowest BCUT2D eigenvalue weighted by molar-refractivity contribution is -0.139. The Balaban J connectivity index is 1.52. The lowest BCUT2D eigenvalue weighted by atomic mass is 9.89. The van der Waals surface area contributed by atoms with E-state index in [-0.39, 0.29) is 23.4 Å². The molecule has 0 saturated heterocycles. The zero-order chi connectivity index (χ0) is 19.7. The third-order valence-corrected chi connectivity index (χ3v) is 5.61. The Morgan fingerprint density at radius 1 is 1.07 bits per heavy atom. The Bertz CT molecular complexity index is 974. The quantitative estimate of drug-likeness (QED) is 0.344. The van der Waals surface area contributed by atoms with Crippen LogP contribution < -0.4 is 9.47 Å². The molecule has 1 fully saturated rings. The highest BCUT2D eigenvalue weighted by Crippen LogP contribution is 2.36. The van der Waals surface area contributed by atoms with Gasteiger partial charge in [-0.2, -0.15) is 0 Å². The first-order valence-electron chi connectivity index (χ1n) is 9.26. The van der Waals surface area contributed by atoms with Gasteiger partial charge in [-0.1, -0.05) is 48.5 Å². The molecule has 0 bridgehead atoms. The van der Waals surface area contributed by atoms with Gasteiger partial charge in [0.15, 0.2) is 5.76 Å². The van der Waals surface area contributed by atoms with Crippen LogP contribution in [0.25, 0.3) is 6.08 Å². The summed E-state index contributed by atoms with van der Waals surface area (Å²) in [6, 6.07) is 9.83. The molecule has 1 saturated carbocycles. The number of esters is 1. The highest BCUT2D eigenvalue weighted by molar-refractivity contribution is 6.35. The topological polar surface area (TPSA) is 52.6 Å². The van der Waals surface area contributed by atoms with Crippen LogP contribution in [0.15, 0.2) is 42.2 Å². The highest BCUT2D eigenvalue weighted by Gasteiger charge is 2.29. The molecule has 0 spiro atoms. The van der Waals surface area contributed by atoms with Crippen LogP contribution in [0.5, 0.6) is 11.5 Å².